The Bertz CT molecular complexity index is 673. The van der Waals surface area contributed by atoms with Gasteiger partial charge in [0.05, 0.1) is 27.2 Å². The molecule has 1 fully saturated rings. The number of amides is 1. The van der Waals surface area contributed by atoms with Crippen molar-refractivity contribution in [3.8, 4) is 17.2 Å². The van der Waals surface area contributed by atoms with Crippen molar-refractivity contribution >= 4 is 23.2 Å². The summed E-state index contributed by atoms with van der Waals surface area (Å²) in [7, 11) is 4.76. The predicted octanol–water partition coefficient (Wildman–Crippen LogP) is 2.15. The van der Waals surface area contributed by atoms with E-state index in [0.717, 1.165) is 18.5 Å². The number of benzene rings is 1. The van der Waals surface area contributed by atoms with Gasteiger partial charge in [-0.05, 0) is 43.3 Å². The number of nitrogens with one attached hydrogen (secondary N) is 2. The Labute approximate surface area is 172 Å². The van der Waals surface area contributed by atoms with Crippen molar-refractivity contribution in [1.29, 1.82) is 0 Å². The quantitative estimate of drug-likeness (QED) is 0.638. The third-order valence-electron chi connectivity index (χ3n) is 4.94. The van der Waals surface area contributed by atoms with Gasteiger partial charge in [-0.25, -0.2) is 0 Å². The Hall–Kier alpha value is -2.22. The first-order valence-electron chi connectivity index (χ1n) is 9.60. The van der Waals surface area contributed by atoms with Crippen LogP contribution < -0.4 is 24.8 Å². The third kappa shape index (κ3) is 4.79. The van der Waals surface area contributed by atoms with E-state index in [1.165, 1.54) is 0 Å². The molecule has 0 aromatic heterocycles. The molecule has 1 aliphatic heterocycles. The van der Waals surface area contributed by atoms with E-state index in [1.807, 2.05) is 26.0 Å². The molecule has 1 saturated heterocycles. The highest BCUT2D eigenvalue weighted by Crippen LogP contribution is 2.43. The average Bonchev–Trinajstić information content (AvgIpc) is 3.16. The molecule has 1 aromatic carbocycles. The van der Waals surface area contributed by atoms with Crippen molar-refractivity contribution in [2.75, 3.05) is 47.5 Å². The van der Waals surface area contributed by atoms with Crippen LogP contribution in [0.1, 0.15) is 31.7 Å². The minimum atomic E-state index is -0.217. The van der Waals surface area contributed by atoms with E-state index in [1.54, 1.807) is 21.3 Å². The standard InChI is InChI=1S/C20H31N3O4S/c1-6-8-22-19(24)15-12-23(20(28)21-7-2)11-14(15)13-9-16(25-3)18(27-5)17(10-13)26-4/h9-10,14-15H,6-8,11-12H2,1-5H3,(H,21,28)(H,22,24). The van der Waals surface area contributed by atoms with Gasteiger partial charge in [-0.3, -0.25) is 4.79 Å². The zero-order chi connectivity index (χ0) is 20.7. The maximum Gasteiger partial charge on any atom is 0.225 e. The zero-order valence-corrected chi connectivity index (χ0v) is 18.1. The Morgan fingerprint density at radius 3 is 2.25 bits per heavy atom. The molecule has 8 heteroatoms. The summed E-state index contributed by atoms with van der Waals surface area (Å²) in [5.74, 6) is 1.49. The van der Waals surface area contributed by atoms with Gasteiger partial charge in [0.25, 0.3) is 0 Å². The van der Waals surface area contributed by atoms with Crippen LogP contribution in [0.3, 0.4) is 0 Å². The molecule has 156 valence electrons. The lowest BCUT2D eigenvalue weighted by Crippen LogP contribution is -2.39. The number of thiocarbonyl (C=S) groups is 1. The second-order valence-corrected chi connectivity index (χ2v) is 7.09. The van der Waals surface area contributed by atoms with Crippen LogP contribution in [0.4, 0.5) is 0 Å². The smallest absolute Gasteiger partial charge is 0.225 e. The van der Waals surface area contributed by atoms with Crippen molar-refractivity contribution in [1.82, 2.24) is 15.5 Å². The van der Waals surface area contributed by atoms with Gasteiger partial charge < -0.3 is 29.7 Å². The number of carbonyl (C=O) groups is 1. The lowest BCUT2D eigenvalue weighted by atomic mass is 9.88. The Kier molecular flexibility index (Phi) is 8.17. The van der Waals surface area contributed by atoms with Gasteiger partial charge in [-0.15, -0.1) is 0 Å². The summed E-state index contributed by atoms with van der Waals surface area (Å²) < 4.78 is 16.4. The molecule has 0 spiro atoms. The fraction of sp³-hybridized carbons (Fsp3) is 0.600. The van der Waals surface area contributed by atoms with Crippen LogP contribution in [0.25, 0.3) is 0 Å². The average molecular weight is 410 g/mol. The molecular weight excluding hydrogens is 378 g/mol. The molecule has 2 rings (SSSR count). The summed E-state index contributed by atoms with van der Waals surface area (Å²) in [6.07, 6.45) is 0.896. The van der Waals surface area contributed by atoms with Gasteiger partial charge in [-0.1, -0.05) is 6.92 Å². The van der Waals surface area contributed by atoms with Crippen molar-refractivity contribution < 1.29 is 19.0 Å². The van der Waals surface area contributed by atoms with Crippen LogP contribution in [-0.4, -0.2) is 63.4 Å². The van der Waals surface area contributed by atoms with Gasteiger partial charge >= 0.3 is 0 Å². The van der Waals surface area contributed by atoms with Crippen LogP contribution in [0.5, 0.6) is 17.2 Å². The lowest BCUT2D eigenvalue weighted by molar-refractivity contribution is -0.124. The highest BCUT2D eigenvalue weighted by Gasteiger charge is 2.40. The largest absolute Gasteiger partial charge is 0.493 e. The Morgan fingerprint density at radius 1 is 1.11 bits per heavy atom. The summed E-state index contributed by atoms with van der Waals surface area (Å²) >= 11 is 5.49. The maximum absolute atomic E-state index is 12.9. The molecule has 1 aliphatic rings. The van der Waals surface area contributed by atoms with E-state index in [4.69, 9.17) is 26.4 Å². The van der Waals surface area contributed by atoms with E-state index in [9.17, 15) is 4.79 Å². The number of methoxy groups -OCH3 is 3. The summed E-state index contributed by atoms with van der Waals surface area (Å²) in [5, 5.41) is 6.88. The van der Waals surface area contributed by atoms with Crippen molar-refractivity contribution in [3.63, 3.8) is 0 Å². The fourth-order valence-corrected chi connectivity index (χ4v) is 3.82. The molecule has 0 bridgehead atoms. The SMILES string of the molecule is CCCNC(=O)C1CN(C(=S)NCC)CC1c1cc(OC)c(OC)c(OC)c1. The van der Waals surface area contributed by atoms with E-state index in [2.05, 4.69) is 15.5 Å². The molecule has 0 aliphatic carbocycles. The van der Waals surface area contributed by atoms with Gasteiger partial charge in [0.2, 0.25) is 11.7 Å². The van der Waals surface area contributed by atoms with Gasteiger partial charge in [0, 0.05) is 32.1 Å². The van der Waals surface area contributed by atoms with E-state index in [0.29, 0.717) is 42.0 Å². The number of rotatable bonds is 8. The fourth-order valence-electron chi connectivity index (χ4n) is 3.53. The highest BCUT2D eigenvalue weighted by atomic mass is 32.1. The topological polar surface area (TPSA) is 72.1 Å². The molecule has 2 atom stereocenters. The summed E-state index contributed by atoms with van der Waals surface area (Å²) in [6, 6.07) is 3.85. The van der Waals surface area contributed by atoms with Gasteiger partial charge in [-0.2, -0.15) is 0 Å². The number of ether oxygens (including phenoxy) is 3. The maximum atomic E-state index is 12.9. The number of likely N-dealkylation sites (tertiary alicyclic amines) is 1. The number of hydrogen-bond donors (Lipinski definition) is 2. The first-order valence-corrected chi connectivity index (χ1v) is 10.0. The van der Waals surface area contributed by atoms with Crippen LogP contribution in [0.15, 0.2) is 12.1 Å². The van der Waals surface area contributed by atoms with Crippen molar-refractivity contribution in [2.24, 2.45) is 5.92 Å². The molecule has 7 nitrogen and oxygen atoms in total. The number of nitrogens with zero attached hydrogens (tertiary/aromatic N) is 1. The van der Waals surface area contributed by atoms with Crippen LogP contribution in [0, 0.1) is 5.92 Å². The first-order chi connectivity index (χ1) is 13.5. The van der Waals surface area contributed by atoms with E-state index < -0.39 is 0 Å². The zero-order valence-electron chi connectivity index (χ0n) is 17.3. The molecular formula is C20H31N3O4S. The highest BCUT2D eigenvalue weighted by molar-refractivity contribution is 7.80. The van der Waals surface area contributed by atoms with Crippen molar-refractivity contribution in [2.45, 2.75) is 26.2 Å². The molecule has 2 N–H and O–H groups in total. The van der Waals surface area contributed by atoms with Gasteiger partial charge in [0.1, 0.15) is 0 Å². The predicted molar refractivity (Wildman–Crippen MR) is 113 cm³/mol. The van der Waals surface area contributed by atoms with Gasteiger partial charge in [0.15, 0.2) is 16.6 Å². The molecule has 0 saturated carbocycles. The molecule has 1 aromatic rings. The second kappa shape index (κ2) is 10.4. The Morgan fingerprint density at radius 2 is 1.75 bits per heavy atom. The van der Waals surface area contributed by atoms with E-state index in [-0.39, 0.29) is 17.7 Å². The monoisotopic (exact) mass is 409 g/mol. The third-order valence-corrected chi connectivity index (χ3v) is 5.34. The molecule has 1 amide bonds. The second-order valence-electron chi connectivity index (χ2n) is 6.70. The minimum Gasteiger partial charge on any atom is -0.493 e. The number of hydrogen-bond acceptors (Lipinski definition) is 5. The van der Waals surface area contributed by atoms with Crippen LogP contribution >= 0.6 is 12.2 Å². The van der Waals surface area contributed by atoms with Crippen molar-refractivity contribution in [3.05, 3.63) is 17.7 Å². The summed E-state index contributed by atoms with van der Waals surface area (Å²) in [5.41, 5.74) is 0.966. The minimum absolute atomic E-state index is 0.0397. The van der Waals surface area contributed by atoms with E-state index >= 15 is 0 Å². The first kappa shape index (κ1) is 22.1. The van der Waals surface area contributed by atoms with Crippen LogP contribution in [-0.2, 0) is 4.79 Å². The summed E-state index contributed by atoms with van der Waals surface area (Å²) in [6.45, 7) is 6.67. The Balaban J connectivity index is 2.40. The summed E-state index contributed by atoms with van der Waals surface area (Å²) in [4.78, 5) is 14.9. The van der Waals surface area contributed by atoms with Crippen LogP contribution in [0.2, 0.25) is 0 Å². The normalized spacial score (nSPS) is 18.5. The molecule has 2 unspecified atom stereocenters. The lowest BCUT2D eigenvalue weighted by Gasteiger charge is -2.21. The molecule has 0 radical (unpaired) electrons. The molecule has 1 heterocycles. The molecule has 28 heavy (non-hydrogen) atoms. The number of carbonyl (C=O) groups excluding carboxylic acids is 1.